The van der Waals surface area contributed by atoms with E-state index < -0.39 is 0 Å². The Bertz CT molecular complexity index is 313. The molecular weight excluding hydrogens is 272 g/mol. The highest BCUT2D eigenvalue weighted by Crippen LogP contribution is 2.24. The van der Waals surface area contributed by atoms with E-state index in [0.29, 0.717) is 6.04 Å². The van der Waals surface area contributed by atoms with Crippen molar-refractivity contribution in [3.8, 4) is 0 Å². The van der Waals surface area contributed by atoms with Gasteiger partial charge in [0, 0.05) is 24.0 Å². The molecule has 2 nitrogen and oxygen atoms in total. The Morgan fingerprint density at radius 1 is 1.60 bits per heavy atom. The van der Waals surface area contributed by atoms with Crippen LogP contribution < -0.4 is 5.32 Å². The summed E-state index contributed by atoms with van der Waals surface area (Å²) in [6.07, 6.45) is 2.64. The van der Waals surface area contributed by atoms with Crippen LogP contribution >= 0.6 is 27.3 Å². The number of nitrogens with zero attached hydrogens (tertiary/aromatic N) is 1. The third-order valence-electron chi connectivity index (χ3n) is 2.92. The van der Waals surface area contributed by atoms with Gasteiger partial charge in [0.15, 0.2) is 0 Å². The van der Waals surface area contributed by atoms with Crippen LogP contribution in [0.25, 0.3) is 0 Å². The van der Waals surface area contributed by atoms with Crippen molar-refractivity contribution in [3.05, 3.63) is 20.8 Å². The highest BCUT2D eigenvalue weighted by molar-refractivity contribution is 9.11. The Morgan fingerprint density at radius 2 is 2.47 bits per heavy atom. The molecule has 1 unspecified atom stereocenters. The molecule has 0 aromatic carbocycles. The molecule has 0 radical (unpaired) electrons. The standard InChI is InChI=1S/C11H17BrN2S/c1-13-9-3-2-6-14(7-9)8-10-4-5-11(12)15-10/h4-5,9,13H,2-3,6-8H2,1H3. The van der Waals surface area contributed by atoms with Gasteiger partial charge in [0.05, 0.1) is 3.79 Å². The first-order chi connectivity index (χ1) is 7.28. The van der Waals surface area contributed by atoms with Crippen molar-refractivity contribution in [1.82, 2.24) is 10.2 Å². The molecule has 15 heavy (non-hydrogen) atoms. The molecule has 0 spiro atoms. The fourth-order valence-electron chi connectivity index (χ4n) is 2.09. The van der Waals surface area contributed by atoms with Gasteiger partial charge in [0.25, 0.3) is 0 Å². The second kappa shape index (κ2) is 5.43. The zero-order valence-corrected chi connectivity index (χ0v) is 11.4. The van der Waals surface area contributed by atoms with Crippen molar-refractivity contribution < 1.29 is 0 Å². The van der Waals surface area contributed by atoms with Gasteiger partial charge in [-0.25, -0.2) is 0 Å². The Hall–Kier alpha value is 0.1000. The zero-order chi connectivity index (χ0) is 10.7. The van der Waals surface area contributed by atoms with E-state index in [-0.39, 0.29) is 0 Å². The molecule has 1 aliphatic rings. The first-order valence-electron chi connectivity index (χ1n) is 5.42. The molecule has 0 bridgehead atoms. The summed E-state index contributed by atoms with van der Waals surface area (Å²) in [4.78, 5) is 4.00. The first-order valence-corrected chi connectivity index (χ1v) is 7.02. The lowest BCUT2D eigenvalue weighted by molar-refractivity contribution is 0.189. The van der Waals surface area contributed by atoms with Gasteiger partial charge in [-0.15, -0.1) is 11.3 Å². The molecule has 2 heterocycles. The van der Waals surface area contributed by atoms with Gasteiger partial charge in [0.2, 0.25) is 0 Å². The number of halogens is 1. The van der Waals surface area contributed by atoms with E-state index in [1.165, 1.54) is 34.6 Å². The molecule has 0 amide bonds. The van der Waals surface area contributed by atoms with Gasteiger partial charge in [-0.1, -0.05) is 0 Å². The molecular formula is C11H17BrN2S. The fraction of sp³-hybridized carbons (Fsp3) is 0.636. The fourth-order valence-corrected chi connectivity index (χ4v) is 3.62. The van der Waals surface area contributed by atoms with Gasteiger partial charge in [-0.2, -0.15) is 0 Å². The summed E-state index contributed by atoms with van der Waals surface area (Å²) in [7, 11) is 2.07. The van der Waals surface area contributed by atoms with Gasteiger partial charge in [-0.05, 0) is 54.5 Å². The predicted octanol–water partition coefficient (Wildman–Crippen LogP) is 2.69. The summed E-state index contributed by atoms with van der Waals surface area (Å²) >= 11 is 5.35. The van der Waals surface area contributed by atoms with Crippen LogP contribution in [0.3, 0.4) is 0 Å². The number of rotatable bonds is 3. The average Bonchev–Trinajstić information content (AvgIpc) is 2.64. The van der Waals surface area contributed by atoms with Crippen molar-refractivity contribution >= 4 is 27.3 Å². The molecule has 1 atom stereocenters. The minimum atomic E-state index is 0.683. The number of likely N-dealkylation sites (tertiary alicyclic amines) is 1. The van der Waals surface area contributed by atoms with Crippen LogP contribution in [0.4, 0.5) is 0 Å². The van der Waals surface area contributed by atoms with Crippen molar-refractivity contribution in [1.29, 1.82) is 0 Å². The van der Waals surface area contributed by atoms with Crippen LogP contribution in [0, 0.1) is 0 Å². The zero-order valence-electron chi connectivity index (χ0n) is 9.00. The second-order valence-corrected chi connectivity index (χ2v) is 6.62. The summed E-state index contributed by atoms with van der Waals surface area (Å²) < 4.78 is 1.24. The summed E-state index contributed by atoms with van der Waals surface area (Å²) in [5.41, 5.74) is 0. The van der Waals surface area contributed by atoms with Crippen molar-refractivity contribution in [2.24, 2.45) is 0 Å². The highest BCUT2D eigenvalue weighted by atomic mass is 79.9. The van der Waals surface area contributed by atoms with E-state index >= 15 is 0 Å². The molecule has 1 aromatic heterocycles. The molecule has 1 aliphatic heterocycles. The van der Waals surface area contributed by atoms with Crippen LogP contribution in [-0.4, -0.2) is 31.1 Å². The normalized spacial score (nSPS) is 23.2. The highest BCUT2D eigenvalue weighted by Gasteiger charge is 2.18. The average molecular weight is 289 g/mol. The Labute approximate surface area is 104 Å². The summed E-state index contributed by atoms with van der Waals surface area (Å²) in [6.45, 7) is 3.54. The molecule has 2 rings (SSSR count). The van der Waals surface area contributed by atoms with Crippen LogP contribution in [0.15, 0.2) is 15.9 Å². The first kappa shape index (κ1) is 11.6. The van der Waals surface area contributed by atoms with E-state index in [0.717, 1.165) is 6.54 Å². The van der Waals surface area contributed by atoms with E-state index in [1.807, 2.05) is 11.3 Å². The van der Waals surface area contributed by atoms with Gasteiger partial charge < -0.3 is 5.32 Å². The van der Waals surface area contributed by atoms with Crippen LogP contribution in [-0.2, 0) is 6.54 Å². The topological polar surface area (TPSA) is 15.3 Å². The third-order valence-corrected chi connectivity index (χ3v) is 4.53. The lowest BCUT2D eigenvalue weighted by Crippen LogP contribution is -2.43. The minimum absolute atomic E-state index is 0.683. The number of nitrogens with one attached hydrogen (secondary N) is 1. The molecule has 1 aromatic rings. The van der Waals surface area contributed by atoms with Crippen LogP contribution in [0.2, 0.25) is 0 Å². The number of thiophene rings is 1. The number of likely N-dealkylation sites (N-methyl/N-ethyl adjacent to an activating group) is 1. The smallest absolute Gasteiger partial charge is 0.0701 e. The van der Waals surface area contributed by atoms with Crippen molar-refractivity contribution in [3.63, 3.8) is 0 Å². The molecule has 0 aliphatic carbocycles. The molecule has 1 N–H and O–H groups in total. The van der Waals surface area contributed by atoms with Crippen LogP contribution in [0.1, 0.15) is 17.7 Å². The molecule has 1 fully saturated rings. The molecule has 4 heteroatoms. The van der Waals surface area contributed by atoms with E-state index in [4.69, 9.17) is 0 Å². The molecule has 84 valence electrons. The largest absolute Gasteiger partial charge is 0.316 e. The number of hydrogen-bond donors (Lipinski definition) is 1. The lowest BCUT2D eigenvalue weighted by atomic mass is 10.1. The second-order valence-electron chi connectivity index (χ2n) is 4.07. The monoisotopic (exact) mass is 288 g/mol. The van der Waals surface area contributed by atoms with Crippen molar-refractivity contribution in [2.45, 2.75) is 25.4 Å². The van der Waals surface area contributed by atoms with E-state index in [1.54, 1.807) is 0 Å². The number of hydrogen-bond acceptors (Lipinski definition) is 3. The molecule has 0 saturated carbocycles. The minimum Gasteiger partial charge on any atom is -0.316 e. The van der Waals surface area contributed by atoms with Crippen LogP contribution in [0.5, 0.6) is 0 Å². The lowest BCUT2D eigenvalue weighted by Gasteiger charge is -2.32. The quantitative estimate of drug-likeness (QED) is 0.920. The van der Waals surface area contributed by atoms with Crippen molar-refractivity contribution in [2.75, 3.05) is 20.1 Å². The Kier molecular flexibility index (Phi) is 4.20. The summed E-state index contributed by atoms with van der Waals surface area (Å²) in [5.74, 6) is 0. The SMILES string of the molecule is CNC1CCCN(Cc2ccc(Br)s2)C1. The van der Waals surface area contributed by atoms with Gasteiger partial charge in [-0.3, -0.25) is 4.90 Å². The Balaban J connectivity index is 1.88. The van der Waals surface area contributed by atoms with E-state index in [9.17, 15) is 0 Å². The maximum Gasteiger partial charge on any atom is 0.0701 e. The third kappa shape index (κ3) is 3.28. The van der Waals surface area contributed by atoms with E-state index in [2.05, 4.69) is 45.3 Å². The van der Waals surface area contributed by atoms with Gasteiger partial charge in [0.1, 0.15) is 0 Å². The predicted molar refractivity (Wildman–Crippen MR) is 69.4 cm³/mol. The molecule has 1 saturated heterocycles. The Morgan fingerprint density at radius 3 is 3.13 bits per heavy atom. The maximum atomic E-state index is 3.51. The maximum absolute atomic E-state index is 3.51. The number of piperidine rings is 1. The van der Waals surface area contributed by atoms with Gasteiger partial charge >= 0.3 is 0 Å². The summed E-state index contributed by atoms with van der Waals surface area (Å²) in [6, 6.07) is 5.04. The summed E-state index contributed by atoms with van der Waals surface area (Å²) in [5, 5.41) is 3.38.